The molecule has 0 saturated carbocycles. The first-order valence-corrected chi connectivity index (χ1v) is 4.34. The highest BCUT2D eigenvalue weighted by atomic mass is 79.9. The SMILES string of the molecule is N#CCc1c(N)ccc(C#N)c1Br. The van der Waals surface area contributed by atoms with Crippen molar-refractivity contribution in [3.05, 3.63) is 27.7 Å². The highest BCUT2D eigenvalue weighted by molar-refractivity contribution is 9.10. The monoisotopic (exact) mass is 235 g/mol. The van der Waals surface area contributed by atoms with Crippen molar-refractivity contribution < 1.29 is 0 Å². The van der Waals surface area contributed by atoms with Crippen molar-refractivity contribution in [1.29, 1.82) is 10.5 Å². The highest BCUT2D eigenvalue weighted by Gasteiger charge is 2.08. The van der Waals surface area contributed by atoms with Gasteiger partial charge < -0.3 is 5.73 Å². The zero-order valence-corrected chi connectivity index (χ0v) is 8.30. The van der Waals surface area contributed by atoms with Gasteiger partial charge in [0.25, 0.3) is 0 Å². The fourth-order valence-electron chi connectivity index (χ4n) is 0.981. The quantitative estimate of drug-likeness (QED) is 0.757. The Morgan fingerprint density at radius 3 is 2.62 bits per heavy atom. The first kappa shape index (κ1) is 9.57. The zero-order valence-electron chi connectivity index (χ0n) is 6.71. The van der Waals surface area contributed by atoms with Crippen LogP contribution in [0.15, 0.2) is 16.6 Å². The van der Waals surface area contributed by atoms with Crippen molar-refractivity contribution in [2.75, 3.05) is 5.73 Å². The molecule has 3 nitrogen and oxygen atoms in total. The summed E-state index contributed by atoms with van der Waals surface area (Å²) in [6.45, 7) is 0. The summed E-state index contributed by atoms with van der Waals surface area (Å²) in [6.07, 6.45) is 0.210. The van der Waals surface area contributed by atoms with Crippen molar-refractivity contribution in [3.63, 3.8) is 0 Å². The number of nitrogens with zero attached hydrogens (tertiary/aromatic N) is 2. The van der Waals surface area contributed by atoms with Crippen molar-refractivity contribution in [2.24, 2.45) is 0 Å². The van der Waals surface area contributed by atoms with E-state index in [4.69, 9.17) is 16.3 Å². The summed E-state index contributed by atoms with van der Waals surface area (Å²) in [4.78, 5) is 0. The first-order valence-electron chi connectivity index (χ1n) is 3.54. The third-order valence-electron chi connectivity index (χ3n) is 1.66. The molecule has 0 amide bonds. The van der Waals surface area contributed by atoms with Gasteiger partial charge in [-0.25, -0.2) is 0 Å². The molecule has 0 aliphatic heterocycles. The van der Waals surface area contributed by atoms with E-state index in [1.54, 1.807) is 12.1 Å². The van der Waals surface area contributed by atoms with E-state index < -0.39 is 0 Å². The summed E-state index contributed by atoms with van der Waals surface area (Å²) in [7, 11) is 0. The molecule has 0 heterocycles. The number of nitrogens with two attached hydrogens (primary N) is 1. The van der Waals surface area contributed by atoms with Crippen LogP contribution in [0.1, 0.15) is 11.1 Å². The number of nitrogen functional groups attached to an aromatic ring is 1. The molecule has 0 spiro atoms. The number of nitriles is 2. The molecule has 0 saturated heterocycles. The summed E-state index contributed by atoms with van der Waals surface area (Å²) in [5, 5.41) is 17.2. The maximum atomic E-state index is 8.70. The molecule has 4 heteroatoms. The molecular weight excluding hydrogens is 230 g/mol. The first-order chi connectivity index (χ1) is 6.20. The largest absolute Gasteiger partial charge is 0.398 e. The topological polar surface area (TPSA) is 73.6 Å². The number of halogens is 1. The maximum absolute atomic E-state index is 8.70. The third kappa shape index (κ3) is 1.80. The van der Waals surface area contributed by atoms with E-state index >= 15 is 0 Å². The van der Waals surface area contributed by atoms with Crippen LogP contribution >= 0.6 is 15.9 Å². The second kappa shape index (κ2) is 3.93. The maximum Gasteiger partial charge on any atom is 0.100 e. The van der Waals surface area contributed by atoms with Gasteiger partial charge in [0.05, 0.1) is 18.1 Å². The van der Waals surface area contributed by atoms with Crippen LogP contribution in [0.25, 0.3) is 0 Å². The van der Waals surface area contributed by atoms with Crippen LogP contribution in [0.4, 0.5) is 5.69 Å². The van der Waals surface area contributed by atoms with E-state index in [0.717, 1.165) is 0 Å². The molecule has 0 aliphatic rings. The Hall–Kier alpha value is -1.52. The Balaban J connectivity index is 3.33. The molecule has 64 valence electrons. The van der Waals surface area contributed by atoms with Gasteiger partial charge in [-0.2, -0.15) is 10.5 Å². The van der Waals surface area contributed by atoms with E-state index in [1.807, 2.05) is 12.1 Å². The van der Waals surface area contributed by atoms with Crippen molar-refractivity contribution >= 4 is 21.6 Å². The predicted octanol–water partition coefficient (Wildman–Crippen LogP) is 1.97. The molecule has 13 heavy (non-hydrogen) atoms. The van der Waals surface area contributed by atoms with E-state index in [2.05, 4.69) is 15.9 Å². The van der Waals surface area contributed by atoms with Crippen molar-refractivity contribution in [1.82, 2.24) is 0 Å². The van der Waals surface area contributed by atoms with Gasteiger partial charge in [-0.3, -0.25) is 0 Å². The van der Waals surface area contributed by atoms with E-state index in [1.165, 1.54) is 0 Å². The molecule has 0 aromatic heterocycles. The van der Waals surface area contributed by atoms with Crippen LogP contribution in [0.3, 0.4) is 0 Å². The number of hydrogen-bond acceptors (Lipinski definition) is 3. The van der Waals surface area contributed by atoms with Crippen LogP contribution < -0.4 is 5.73 Å². The lowest BCUT2D eigenvalue weighted by Gasteiger charge is -2.05. The summed E-state index contributed by atoms with van der Waals surface area (Å²) >= 11 is 3.24. The van der Waals surface area contributed by atoms with Gasteiger partial charge in [-0.15, -0.1) is 0 Å². The summed E-state index contributed by atoms with van der Waals surface area (Å²) < 4.78 is 0.622. The lowest BCUT2D eigenvalue weighted by Crippen LogP contribution is -1.96. The Morgan fingerprint density at radius 1 is 1.38 bits per heavy atom. The molecule has 1 aromatic carbocycles. The fourth-order valence-corrected chi connectivity index (χ4v) is 1.57. The molecule has 0 aliphatic carbocycles. The van der Waals surface area contributed by atoms with Crippen LogP contribution in [0.2, 0.25) is 0 Å². The van der Waals surface area contributed by atoms with Crippen molar-refractivity contribution in [2.45, 2.75) is 6.42 Å². The van der Waals surface area contributed by atoms with Crippen LogP contribution in [0.5, 0.6) is 0 Å². The molecule has 0 fully saturated rings. The highest BCUT2D eigenvalue weighted by Crippen LogP contribution is 2.26. The second-order valence-corrected chi connectivity index (χ2v) is 3.23. The standard InChI is InChI=1S/C9H6BrN3/c10-9-6(5-12)1-2-8(13)7(9)3-4-11/h1-2H,3,13H2. The molecule has 0 unspecified atom stereocenters. The minimum absolute atomic E-state index is 0.210. The lowest BCUT2D eigenvalue weighted by atomic mass is 10.1. The number of benzene rings is 1. The Labute approximate surface area is 84.5 Å². The van der Waals surface area contributed by atoms with E-state index in [-0.39, 0.29) is 6.42 Å². The normalized spacial score (nSPS) is 8.85. The number of anilines is 1. The molecule has 2 N–H and O–H groups in total. The molecular formula is C9H6BrN3. The molecule has 0 bridgehead atoms. The number of hydrogen-bond donors (Lipinski definition) is 1. The van der Waals surface area contributed by atoms with Gasteiger partial charge in [0, 0.05) is 15.7 Å². The summed E-state index contributed by atoms with van der Waals surface area (Å²) in [6, 6.07) is 7.27. The van der Waals surface area contributed by atoms with Crippen molar-refractivity contribution in [3.8, 4) is 12.1 Å². The second-order valence-electron chi connectivity index (χ2n) is 2.44. The van der Waals surface area contributed by atoms with Crippen LogP contribution in [-0.2, 0) is 6.42 Å². The van der Waals surface area contributed by atoms with Crippen LogP contribution in [0, 0.1) is 22.7 Å². The Bertz CT molecular complexity index is 412. The average Bonchev–Trinajstić information content (AvgIpc) is 2.12. The predicted molar refractivity (Wildman–Crippen MR) is 52.6 cm³/mol. The fraction of sp³-hybridized carbons (Fsp3) is 0.111. The molecule has 0 atom stereocenters. The van der Waals surface area contributed by atoms with Gasteiger partial charge in [-0.05, 0) is 28.1 Å². The lowest BCUT2D eigenvalue weighted by molar-refractivity contribution is 1.24. The summed E-state index contributed by atoms with van der Waals surface area (Å²) in [5.74, 6) is 0. The average molecular weight is 236 g/mol. The van der Waals surface area contributed by atoms with Gasteiger partial charge in [0.2, 0.25) is 0 Å². The van der Waals surface area contributed by atoms with Gasteiger partial charge in [0.15, 0.2) is 0 Å². The third-order valence-corrected chi connectivity index (χ3v) is 2.56. The van der Waals surface area contributed by atoms with Gasteiger partial charge in [-0.1, -0.05) is 0 Å². The van der Waals surface area contributed by atoms with Gasteiger partial charge in [0.1, 0.15) is 6.07 Å². The molecule has 0 radical (unpaired) electrons. The van der Waals surface area contributed by atoms with Crippen LogP contribution in [-0.4, -0.2) is 0 Å². The Kier molecular flexibility index (Phi) is 2.89. The smallest absolute Gasteiger partial charge is 0.100 e. The number of rotatable bonds is 1. The molecule has 1 rings (SSSR count). The van der Waals surface area contributed by atoms with E-state index in [0.29, 0.717) is 21.3 Å². The minimum Gasteiger partial charge on any atom is -0.398 e. The van der Waals surface area contributed by atoms with E-state index in [9.17, 15) is 0 Å². The zero-order chi connectivity index (χ0) is 9.84. The molecule has 1 aromatic rings. The summed E-state index contributed by atoms with van der Waals surface area (Å²) in [5.41, 5.74) is 7.36. The van der Waals surface area contributed by atoms with Gasteiger partial charge >= 0.3 is 0 Å². The Morgan fingerprint density at radius 2 is 2.08 bits per heavy atom. The minimum atomic E-state index is 0.210.